The molecular weight excluding hydrogens is 1250 g/mol. The van der Waals surface area contributed by atoms with Gasteiger partial charge in [0.25, 0.3) is 11.8 Å². The van der Waals surface area contributed by atoms with Crippen molar-refractivity contribution in [3.63, 3.8) is 0 Å². The minimum Gasteiger partial charge on any atom is -0.382 e. The van der Waals surface area contributed by atoms with Crippen LogP contribution in [0.5, 0.6) is 0 Å². The van der Waals surface area contributed by atoms with Crippen molar-refractivity contribution < 1.29 is 133 Å². The first-order valence-corrected chi connectivity index (χ1v) is 32.1. The molecule has 94 heavy (non-hydrogen) atoms. The van der Waals surface area contributed by atoms with Crippen molar-refractivity contribution in [2.45, 2.75) is 63.3 Å². The molecular formula is C60H110N6O28. The van der Waals surface area contributed by atoms with Crippen molar-refractivity contribution in [3.05, 3.63) is 0 Å². The highest BCUT2D eigenvalue weighted by Gasteiger charge is 2.35. The van der Waals surface area contributed by atoms with Crippen LogP contribution >= 0.6 is 0 Å². The van der Waals surface area contributed by atoms with E-state index in [4.69, 9.17) is 94.8 Å². The smallest absolute Gasteiger partial charge is 0.333 e. The lowest BCUT2D eigenvalue weighted by molar-refractivity contribution is -0.197. The first-order valence-electron chi connectivity index (χ1n) is 32.1. The number of carbonyl (C=O) groups is 8. The van der Waals surface area contributed by atoms with Gasteiger partial charge in [0.15, 0.2) is 0 Å². The summed E-state index contributed by atoms with van der Waals surface area (Å²) in [5.74, 6) is -3.54. The average molecular weight is 1360 g/mol. The molecule has 34 nitrogen and oxygen atoms in total. The Morgan fingerprint density at radius 2 is 0.553 bits per heavy atom. The van der Waals surface area contributed by atoms with Gasteiger partial charge in [-0.3, -0.25) is 33.6 Å². The summed E-state index contributed by atoms with van der Waals surface area (Å²) in [5.41, 5.74) is -1.36. The number of hydrogen-bond acceptors (Lipinski definition) is 28. The molecule has 1 saturated heterocycles. The Morgan fingerprint density at radius 1 is 0.309 bits per heavy atom. The van der Waals surface area contributed by atoms with E-state index in [0.29, 0.717) is 124 Å². The zero-order valence-corrected chi connectivity index (χ0v) is 55.8. The van der Waals surface area contributed by atoms with Crippen LogP contribution in [0.3, 0.4) is 0 Å². The van der Waals surface area contributed by atoms with Gasteiger partial charge in [0, 0.05) is 98.9 Å². The van der Waals surface area contributed by atoms with Crippen LogP contribution in [0.4, 0.5) is 0 Å². The Bertz CT molecular complexity index is 1770. The SMILES string of the molecule is COCCOCCOCCOCCNC(=O)CCOCC(COCCC(=O)NCCOCCOCCOCCOC)(COCCC(=O)NCCOCCOCCOCCOC)NC(=O)CCOCCOCCOCCOCCNC(=O)CCCC(=O)ON1C(=O)CCC1=O. The van der Waals surface area contributed by atoms with E-state index in [1.54, 1.807) is 21.3 Å². The van der Waals surface area contributed by atoms with E-state index in [2.05, 4.69) is 26.6 Å². The monoisotopic (exact) mass is 1360 g/mol. The number of ether oxygens (including phenoxy) is 19. The summed E-state index contributed by atoms with van der Waals surface area (Å²) >= 11 is 0. The van der Waals surface area contributed by atoms with E-state index < -0.39 is 29.2 Å². The van der Waals surface area contributed by atoms with Crippen LogP contribution in [-0.4, -0.2) is 337 Å². The molecule has 34 heteroatoms. The lowest BCUT2D eigenvalue weighted by atomic mass is 10.0. The van der Waals surface area contributed by atoms with Crippen LogP contribution in [0, 0.1) is 0 Å². The van der Waals surface area contributed by atoms with Crippen molar-refractivity contribution in [3.8, 4) is 0 Å². The summed E-state index contributed by atoms with van der Waals surface area (Å²) < 4.78 is 104. The van der Waals surface area contributed by atoms with Gasteiger partial charge in [-0.25, -0.2) is 4.79 Å². The second-order valence-electron chi connectivity index (χ2n) is 20.2. The predicted octanol–water partition coefficient (Wildman–Crippen LogP) is -2.15. The van der Waals surface area contributed by atoms with Gasteiger partial charge in [-0.15, -0.1) is 5.06 Å². The average Bonchev–Trinajstić information content (AvgIpc) is 1.64. The molecule has 1 rings (SSSR count). The van der Waals surface area contributed by atoms with Gasteiger partial charge in [-0.2, -0.15) is 0 Å². The van der Waals surface area contributed by atoms with Crippen LogP contribution in [0.1, 0.15) is 57.8 Å². The highest BCUT2D eigenvalue weighted by atomic mass is 16.7. The number of carbonyl (C=O) groups excluding carboxylic acids is 8. The Morgan fingerprint density at radius 3 is 0.851 bits per heavy atom. The molecule has 7 amide bonds. The quantitative estimate of drug-likeness (QED) is 0.0320. The molecule has 0 bridgehead atoms. The third kappa shape index (κ3) is 56.4. The first kappa shape index (κ1) is 87.2. The zero-order valence-electron chi connectivity index (χ0n) is 55.8. The molecule has 0 unspecified atom stereocenters. The van der Waals surface area contributed by atoms with Gasteiger partial charge in [-0.05, 0) is 6.42 Å². The molecule has 0 atom stereocenters. The third-order valence-electron chi connectivity index (χ3n) is 12.3. The maximum absolute atomic E-state index is 13.7. The van der Waals surface area contributed by atoms with E-state index in [-0.39, 0.29) is 220 Å². The Labute approximate surface area is 552 Å². The van der Waals surface area contributed by atoms with Crippen molar-refractivity contribution in [2.75, 3.05) is 279 Å². The van der Waals surface area contributed by atoms with Crippen LogP contribution < -0.4 is 26.6 Å². The highest BCUT2D eigenvalue weighted by molar-refractivity contribution is 6.01. The van der Waals surface area contributed by atoms with Crippen molar-refractivity contribution in [1.29, 1.82) is 0 Å². The molecule has 0 aromatic rings. The molecule has 0 saturated carbocycles. The Hall–Kier alpha value is -4.80. The lowest BCUT2D eigenvalue weighted by Crippen LogP contribution is -2.59. The van der Waals surface area contributed by atoms with Crippen molar-refractivity contribution >= 4 is 47.3 Å². The van der Waals surface area contributed by atoms with E-state index in [1.165, 1.54) is 0 Å². The van der Waals surface area contributed by atoms with Gasteiger partial charge in [-0.1, -0.05) is 0 Å². The minimum absolute atomic E-state index is 0.00214. The fraction of sp³-hybridized carbons (Fsp3) is 0.867. The van der Waals surface area contributed by atoms with Gasteiger partial charge >= 0.3 is 5.97 Å². The summed E-state index contributed by atoms with van der Waals surface area (Å²) in [5, 5.41) is 14.5. The van der Waals surface area contributed by atoms with Crippen molar-refractivity contribution in [1.82, 2.24) is 31.6 Å². The van der Waals surface area contributed by atoms with Crippen LogP contribution in [0.2, 0.25) is 0 Å². The maximum atomic E-state index is 13.7. The van der Waals surface area contributed by atoms with Gasteiger partial charge in [0.2, 0.25) is 29.5 Å². The summed E-state index contributed by atoms with van der Waals surface area (Å²) in [6.45, 7) is 10.5. The molecule has 548 valence electrons. The topological polar surface area (TPSA) is 385 Å². The zero-order chi connectivity index (χ0) is 68.3. The van der Waals surface area contributed by atoms with Crippen LogP contribution in [-0.2, 0) is 133 Å². The highest BCUT2D eigenvalue weighted by Crippen LogP contribution is 2.14. The second kappa shape index (κ2) is 65.5. The van der Waals surface area contributed by atoms with Crippen LogP contribution in [0.15, 0.2) is 0 Å². The molecule has 1 aliphatic rings. The molecule has 0 spiro atoms. The summed E-state index contributed by atoms with van der Waals surface area (Å²) in [4.78, 5) is 104. The molecule has 0 aromatic carbocycles. The third-order valence-corrected chi connectivity index (χ3v) is 12.3. The normalized spacial score (nSPS) is 12.4. The fourth-order valence-electron chi connectivity index (χ4n) is 7.47. The Balaban J connectivity index is 2.70. The molecule has 1 heterocycles. The van der Waals surface area contributed by atoms with E-state index in [9.17, 15) is 38.4 Å². The standard InChI is InChI=1S/C60H110N6O28/c1-75-25-28-83-41-44-87-37-33-80-22-14-62-53(68)9-18-91-49-60(50-92-19-10-54(69)63-15-23-81-34-38-88-45-42-84-29-26-76-2,51-93-20-11-55(70)64-16-24-82-35-39-89-46-43-85-30-27-77-3)65-56(71)12-17-78-31-36-86-47-48-90-40-32-79-21-13-61-52(67)5-4-6-59(74)94-66-57(72)7-8-58(66)73/h4-51H2,1-3H3,(H,61,67)(H,62,68)(H,63,69)(H,64,70)(H,65,71). The number of nitrogens with zero attached hydrogens (tertiary/aromatic N) is 1. The first-order chi connectivity index (χ1) is 45.9. The second-order valence-corrected chi connectivity index (χ2v) is 20.2. The van der Waals surface area contributed by atoms with E-state index in [0.717, 1.165) is 0 Å². The number of imide groups is 1. The number of hydroxylamine groups is 2. The predicted molar refractivity (Wildman–Crippen MR) is 331 cm³/mol. The summed E-state index contributed by atoms with van der Waals surface area (Å²) in [6.07, 6.45) is -0.0676. The number of methoxy groups -OCH3 is 3. The van der Waals surface area contributed by atoms with Gasteiger partial charge < -0.3 is 121 Å². The molecule has 0 aromatic heterocycles. The fourth-order valence-corrected chi connectivity index (χ4v) is 7.47. The molecule has 1 aliphatic heterocycles. The summed E-state index contributed by atoms with van der Waals surface area (Å²) in [7, 11) is 4.80. The van der Waals surface area contributed by atoms with E-state index >= 15 is 0 Å². The van der Waals surface area contributed by atoms with Gasteiger partial charge in [0.05, 0.1) is 231 Å². The lowest BCUT2D eigenvalue weighted by Gasteiger charge is -2.34. The van der Waals surface area contributed by atoms with Crippen molar-refractivity contribution in [2.24, 2.45) is 0 Å². The number of amides is 7. The van der Waals surface area contributed by atoms with Gasteiger partial charge in [0.1, 0.15) is 5.54 Å². The maximum Gasteiger partial charge on any atom is 0.333 e. The Kier molecular flexibility index (Phi) is 60.8. The molecule has 1 fully saturated rings. The van der Waals surface area contributed by atoms with Crippen LogP contribution in [0.25, 0.3) is 0 Å². The van der Waals surface area contributed by atoms with E-state index in [1.807, 2.05) is 0 Å². The summed E-state index contributed by atoms with van der Waals surface area (Å²) in [6, 6.07) is 0. The number of hydrogen-bond donors (Lipinski definition) is 5. The molecule has 5 N–H and O–H groups in total. The molecule has 0 radical (unpaired) electrons. The molecule has 0 aliphatic carbocycles. The minimum atomic E-state index is -1.36. The number of nitrogens with one attached hydrogen (secondary N) is 5. The number of rotatable bonds is 72. The largest absolute Gasteiger partial charge is 0.382 e.